The van der Waals surface area contributed by atoms with Gasteiger partial charge in [0.05, 0.1) is 5.69 Å². The van der Waals surface area contributed by atoms with Crippen LogP contribution in [0.3, 0.4) is 0 Å². The van der Waals surface area contributed by atoms with E-state index in [-0.39, 0.29) is 19.5 Å². The SMILES string of the molecule is [Ru+3].c1ccc(-c2ccccn2)cc1. The van der Waals surface area contributed by atoms with E-state index >= 15 is 0 Å². The zero-order chi connectivity index (χ0) is 8.23. The summed E-state index contributed by atoms with van der Waals surface area (Å²) < 4.78 is 0. The maximum atomic E-state index is 4.25. The van der Waals surface area contributed by atoms with E-state index in [0.29, 0.717) is 0 Å². The second-order valence-electron chi connectivity index (χ2n) is 2.58. The van der Waals surface area contributed by atoms with Crippen molar-refractivity contribution >= 4 is 0 Å². The van der Waals surface area contributed by atoms with Gasteiger partial charge in [-0.25, -0.2) is 0 Å². The minimum Gasteiger partial charge on any atom is -0.256 e. The number of nitrogens with zero attached hydrogens (tertiary/aromatic N) is 1. The first-order valence-corrected chi connectivity index (χ1v) is 3.93. The van der Waals surface area contributed by atoms with Crippen LogP contribution in [0.2, 0.25) is 0 Å². The molecular weight excluding hydrogens is 247 g/mol. The molecule has 0 fully saturated rings. The van der Waals surface area contributed by atoms with Gasteiger partial charge in [-0.1, -0.05) is 36.4 Å². The normalized spacial score (nSPS) is 8.92. The van der Waals surface area contributed by atoms with Crippen molar-refractivity contribution in [2.75, 3.05) is 0 Å². The van der Waals surface area contributed by atoms with Crippen molar-refractivity contribution in [3.8, 4) is 11.3 Å². The van der Waals surface area contributed by atoms with Gasteiger partial charge in [-0.3, -0.25) is 4.98 Å². The predicted molar refractivity (Wildman–Crippen MR) is 49.7 cm³/mol. The van der Waals surface area contributed by atoms with Gasteiger partial charge in [0.15, 0.2) is 0 Å². The number of hydrogen-bond acceptors (Lipinski definition) is 1. The first-order chi connectivity index (χ1) is 5.97. The minimum atomic E-state index is 0. The topological polar surface area (TPSA) is 12.9 Å². The van der Waals surface area contributed by atoms with E-state index in [4.69, 9.17) is 0 Å². The Kier molecular flexibility index (Phi) is 3.79. The largest absolute Gasteiger partial charge is 3.00 e. The Hall–Kier alpha value is -1.01. The second-order valence-corrected chi connectivity index (χ2v) is 2.58. The summed E-state index contributed by atoms with van der Waals surface area (Å²) in [6.07, 6.45) is 1.81. The zero-order valence-electron chi connectivity index (χ0n) is 7.00. The first-order valence-electron chi connectivity index (χ1n) is 3.93. The van der Waals surface area contributed by atoms with Gasteiger partial charge < -0.3 is 0 Å². The van der Waals surface area contributed by atoms with E-state index in [1.165, 1.54) is 0 Å². The van der Waals surface area contributed by atoms with Crippen LogP contribution < -0.4 is 0 Å². The molecule has 13 heavy (non-hydrogen) atoms. The number of aromatic nitrogens is 1. The third-order valence-electron chi connectivity index (χ3n) is 1.73. The molecule has 1 nitrogen and oxygen atoms in total. The standard InChI is InChI=1S/C11H9N.Ru/c1-2-6-10(7-3-1)11-8-4-5-9-12-11;/h1-9H;/q;+3. The summed E-state index contributed by atoms with van der Waals surface area (Å²) in [5.74, 6) is 0. The summed E-state index contributed by atoms with van der Waals surface area (Å²) in [5.41, 5.74) is 2.19. The van der Waals surface area contributed by atoms with Gasteiger partial charge in [-0.15, -0.1) is 0 Å². The molecule has 0 spiro atoms. The number of pyridine rings is 1. The average Bonchev–Trinajstić information content (AvgIpc) is 2.21. The molecule has 0 saturated carbocycles. The molecule has 2 rings (SSSR count). The fraction of sp³-hybridized carbons (Fsp3) is 0. The number of rotatable bonds is 1. The van der Waals surface area contributed by atoms with Gasteiger partial charge in [0.2, 0.25) is 0 Å². The van der Waals surface area contributed by atoms with Crippen LogP contribution in [0, 0.1) is 0 Å². The van der Waals surface area contributed by atoms with Crippen LogP contribution in [-0.2, 0) is 19.5 Å². The number of hydrogen-bond donors (Lipinski definition) is 0. The van der Waals surface area contributed by atoms with Crippen molar-refractivity contribution in [2.45, 2.75) is 0 Å². The van der Waals surface area contributed by atoms with Crippen LogP contribution in [0.4, 0.5) is 0 Å². The molecule has 0 atom stereocenters. The number of benzene rings is 1. The summed E-state index contributed by atoms with van der Waals surface area (Å²) in [6.45, 7) is 0. The Morgan fingerprint density at radius 1 is 0.769 bits per heavy atom. The smallest absolute Gasteiger partial charge is 0.256 e. The molecule has 0 bridgehead atoms. The summed E-state index contributed by atoms with van der Waals surface area (Å²) in [5, 5.41) is 0. The molecule has 0 aliphatic rings. The van der Waals surface area contributed by atoms with Crippen molar-refractivity contribution in [1.82, 2.24) is 4.98 Å². The van der Waals surface area contributed by atoms with E-state index in [0.717, 1.165) is 11.3 Å². The van der Waals surface area contributed by atoms with Gasteiger partial charge in [-0.2, -0.15) is 0 Å². The molecule has 1 radical (unpaired) electrons. The molecule has 0 amide bonds. The molecule has 1 aromatic carbocycles. The van der Waals surface area contributed by atoms with Crippen LogP contribution in [0.25, 0.3) is 11.3 Å². The van der Waals surface area contributed by atoms with Crippen LogP contribution in [-0.4, -0.2) is 4.98 Å². The molecule has 0 unspecified atom stereocenters. The quantitative estimate of drug-likeness (QED) is 0.715. The molecule has 0 aliphatic heterocycles. The maximum Gasteiger partial charge on any atom is 3.00 e. The molecule has 2 heteroatoms. The van der Waals surface area contributed by atoms with Gasteiger partial charge in [-0.05, 0) is 12.1 Å². The molecule has 1 aromatic heterocycles. The van der Waals surface area contributed by atoms with Gasteiger partial charge in [0, 0.05) is 11.8 Å². The molecule has 63 valence electrons. The molecule has 0 N–H and O–H groups in total. The molecule has 2 aromatic rings. The Balaban J connectivity index is 0.000000845. The molecular formula is C11H9NRu+3. The second kappa shape index (κ2) is 4.88. The van der Waals surface area contributed by atoms with Gasteiger partial charge >= 0.3 is 19.5 Å². The van der Waals surface area contributed by atoms with Crippen LogP contribution >= 0.6 is 0 Å². The van der Waals surface area contributed by atoms with Crippen molar-refractivity contribution in [3.63, 3.8) is 0 Å². The summed E-state index contributed by atoms with van der Waals surface area (Å²) >= 11 is 0. The summed E-state index contributed by atoms with van der Waals surface area (Å²) in [7, 11) is 0. The van der Waals surface area contributed by atoms with Gasteiger partial charge in [0.1, 0.15) is 0 Å². The molecule has 0 saturated heterocycles. The van der Waals surface area contributed by atoms with Crippen LogP contribution in [0.5, 0.6) is 0 Å². The fourth-order valence-corrected chi connectivity index (χ4v) is 1.14. The third-order valence-corrected chi connectivity index (χ3v) is 1.73. The zero-order valence-corrected chi connectivity index (χ0v) is 8.74. The average molecular weight is 256 g/mol. The van der Waals surface area contributed by atoms with Crippen molar-refractivity contribution in [1.29, 1.82) is 0 Å². The van der Waals surface area contributed by atoms with Crippen molar-refractivity contribution in [2.24, 2.45) is 0 Å². The predicted octanol–water partition coefficient (Wildman–Crippen LogP) is 2.75. The Labute approximate surface area is 90.6 Å². The molecule has 1 heterocycles. The van der Waals surface area contributed by atoms with Gasteiger partial charge in [0.25, 0.3) is 0 Å². The fourth-order valence-electron chi connectivity index (χ4n) is 1.14. The summed E-state index contributed by atoms with van der Waals surface area (Å²) in [6, 6.07) is 16.1. The monoisotopic (exact) mass is 257 g/mol. The van der Waals surface area contributed by atoms with E-state index in [1.807, 2.05) is 42.6 Å². The Morgan fingerprint density at radius 3 is 2.08 bits per heavy atom. The van der Waals surface area contributed by atoms with Crippen molar-refractivity contribution < 1.29 is 19.5 Å². The first kappa shape index (κ1) is 10.1. The van der Waals surface area contributed by atoms with Crippen LogP contribution in [0.1, 0.15) is 0 Å². The van der Waals surface area contributed by atoms with E-state index in [2.05, 4.69) is 17.1 Å². The Morgan fingerprint density at radius 2 is 1.46 bits per heavy atom. The maximum absolute atomic E-state index is 4.25. The minimum absolute atomic E-state index is 0. The Bertz CT molecular complexity index is 307. The van der Waals surface area contributed by atoms with E-state index in [1.54, 1.807) is 0 Å². The van der Waals surface area contributed by atoms with E-state index < -0.39 is 0 Å². The summed E-state index contributed by atoms with van der Waals surface area (Å²) in [4.78, 5) is 4.25. The van der Waals surface area contributed by atoms with Crippen LogP contribution in [0.15, 0.2) is 54.7 Å². The molecule has 0 aliphatic carbocycles. The van der Waals surface area contributed by atoms with E-state index in [9.17, 15) is 0 Å². The van der Waals surface area contributed by atoms with Crippen molar-refractivity contribution in [3.05, 3.63) is 54.7 Å². The third kappa shape index (κ3) is 2.46.